The van der Waals surface area contributed by atoms with Crippen molar-refractivity contribution >= 4 is 12.6 Å². The van der Waals surface area contributed by atoms with Crippen LogP contribution in [0.4, 0.5) is 0 Å². The number of ether oxygens (including phenoxy) is 1. The number of rotatable bonds is 5. The third kappa shape index (κ3) is 2.22. The SMILES string of the molecule is COC1(c2cccc(B(O)O)c2)OOC1(C(C)C)C(C)C. The van der Waals surface area contributed by atoms with Crippen LogP contribution in [0.2, 0.25) is 0 Å². The lowest BCUT2D eigenvalue weighted by molar-refractivity contribution is -0.634. The lowest BCUT2D eigenvalue weighted by Gasteiger charge is -2.59. The van der Waals surface area contributed by atoms with Gasteiger partial charge in [0.2, 0.25) is 0 Å². The zero-order chi connectivity index (χ0) is 15.8. The van der Waals surface area contributed by atoms with E-state index in [9.17, 15) is 10.0 Å². The van der Waals surface area contributed by atoms with Crippen molar-refractivity contribution in [1.82, 2.24) is 0 Å². The normalized spacial score (nSPS) is 24.2. The molecule has 1 fully saturated rings. The molecule has 0 saturated carbocycles. The van der Waals surface area contributed by atoms with Gasteiger partial charge in [-0.05, 0) is 17.3 Å². The Balaban J connectivity index is 2.54. The average Bonchev–Trinajstić information content (AvgIpc) is 2.38. The molecular weight excluding hydrogens is 271 g/mol. The molecule has 2 N–H and O–H groups in total. The Morgan fingerprint density at radius 3 is 2.10 bits per heavy atom. The molecule has 1 aliphatic rings. The van der Waals surface area contributed by atoms with Gasteiger partial charge in [0.05, 0.1) is 0 Å². The molecule has 116 valence electrons. The van der Waals surface area contributed by atoms with Crippen LogP contribution in [0.15, 0.2) is 24.3 Å². The molecule has 0 amide bonds. The van der Waals surface area contributed by atoms with E-state index in [0.717, 1.165) is 0 Å². The van der Waals surface area contributed by atoms with Gasteiger partial charge in [0.15, 0.2) is 5.60 Å². The van der Waals surface area contributed by atoms with E-state index in [2.05, 4.69) is 27.7 Å². The van der Waals surface area contributed by atoms with Crippen LogP contribution in [-0.2, 0) is 20.3 Å². The second-order valence-corrected chi connectivity index (χ2v) is 6.09. The Morgan fingerprint density at radius 2 is 1.71 bits per heavy atom. The lowest BCUT2D eigenvalue weighted by Crippen LogP contribution is -2.71. The Kier molecular flexibility index (Phi) is 4.47. The minimum Gasteiger partial charge on any atom is -0.423 e. The van der Waals surface area contributed by atoms with Crippen LogP contribution in [0.1, 0.15) is 33.3 Å². The van der Waals surface area contributed by atoms with Crippen molar-refractivity contribution in [2.24, 2.45) is 11.8 Å². The largest absolute Gasteiger partial charge is 0.488 e. The highest BCUT2D eigenvalue weighted by Gasteiger charge is 2.69. The highest BCUT2D eigenvalue weighted by Crippen LogP contribution is 2.56. The van der Waals surface area contributed by atoms with Crippen LogP contribution in [0, 0.1) is 11.8 Å². The molecule has 1 aromatic rings. The zero-order valence-corrected chi connectivity index (χ0v) is 13.2. The predicted octanol–water partition coefficient (Wildman–Crippen LogP) is 1.18. The van der Waals surface area contributed by atoms with E-state index >= 15 is 0 Å². The third-order valence-corrected chi connectivity index (χ3v) is 4.38. The van der Waals surface area contributed by atoms with Crippen LogP contribution in [0.25, 0.3) is 0 Å². The monoisotopic (exact) mass is 294 g/mol. The van der Waals surface area contributed by atoms with Crippen LogP contribution in [0.3, 0.4) is 0 Å². The van der Waals surface area contributed by atoms with Gasteiger partial charge >= 0.3 is 7.12 Å². The fourth-order valence-corrected chi connectivity index (χ4v) is 3.32. The maximum absolute atomic E-state index is 9.37. The summed E-state index contributed by atoms with van der Waals surface area (Å²) in [7, 11) is 0.0386. The molecule has 1 atom stereocenters. The summed E-state index contributed by atoms with van der Waals surface area (Å²) in [5.74, 6) is -0.761. The van der Waals surface area contributed by atoms with Crippen LogP contribution >= 0.6 is 0 Å². The first-order valence-corrected chi connectivity index (χ1v) is 7.20. The van der Waals surface area contributed by atoms with Crippen LogP contribution in [0.5, 0.6) is 0 Å². The van der Waals surface area contributed by atoms with Crippen molar-refractivity contribution < 1.29 is 24.6 Å². The van der Waals surface area contributed by atoms with Crippen molar-refractivity contribution in [2.45, 2.75) is 39.1 Å². The smallest absolute Gasteiger partial charge is 0.423 e. The first kappa shape index (κ1) is 16.5. The zero-order valence-electron chi connectivity index (χ0n) is 13.2. The van der Waals surface area contributed by atoms with Gasteiger partial charge < -0.3 is 14.8 Å². The summed E-state index contributed by atoms with van der Waals surface area (Å²) in [6, 6.07) is 6.91. The van der Waals surface area contributed by atoms with E-state index in [1.807, 2.05) is 6.07 Å². The van der Waals surface area contributed by atoms with E-state index in [1.165, 1.54) is 0 Å². The molecule has 1 aliphatic heterocycles. The molecule has 1 saturated heterocycles. The van der Waals surface area contributed by atoms with Crippen molar-refractivity contribution in [1.29, 1.82) is 0 Å². The molecule has 2 rings (SSSR count). The maximum atomic E-state index is 9.37. The quantitative estimate of drug-likeness (QED) is 0.630. The number of hydrogen-bond donors (Lipinski definition) is 2. The van der Waals surface area contributed by atoms with Crippen LogP contribution in [-0.4, -0.2) is 29.9 Å². The average molecular weight is 294 g/mol. The van der Waals surface area contributed by atoms with E-state index in [-0.39, 0.29) is 11.8 Å². The molecular formula is C15H23BO5. The minimum absolute atomic E-state index is 0.147. The van der Waals surface area contributed by atoms with Gasteiger partial charge in [0, 0.05) is 12.7 Å². The molecule has 6 heteroatoms. The Hall–Kier alpha value is -0.915. The van der Waals surface area contributed by atoms with E-state index in [4.69, 9.17) is 14.5 Å². The molecule has 0 radical (unpaired) electrons. The summed E-state index contributed by atoms with van der Waals surface area (Å²) in [6.45, 7) is 8.23. The van der Waals surface area contributed by atoms with Gasteiger partial charge in [-0.15, -0.1) is 0 Å². The molecule has 0 bridgehead atoms. The minimum atomic E-state index is -1.53. The van der Waals surface area contributed by atoms with Gasteiger partial charge in [-0.3, -0.25) is 0 Å². The first-order valence-electron chi connectivity index (χ1n) is 7.20. The number of hydrogen-bond acceptors (Lipinski definition) is 5. The molecule has 0 spiro atoms. The summed E-state index contributed by atoms with van der Waals surface area (Å²) >= 11 is 0. The topological polar surface area (TPSA) is 68.2 Å². The molecule has 0 aliphatic carbocycles. The molecule has 5 nitrogen and oxygen atoms in total. The van der Waals surface area contributed by atoms with Gasteiger partial charge in [-0.1, -0.05) is 52.0 Å². The molecule has 0 aromatic heterocycles. The third-order valence-electron chi connectivity index (χ3n) is 4.38. The van der Waals surface area contributed by atoms with Gasteiger partial charge in [-0.2, -0.15) is 4.89 Å². The van der Waals surface area contributed by atoms with Gasteiger partial charge in [0.25, 0.3) is 5.79 Å². The van der Waals surface area contributed by atoms with Gasteiger partial charge in [0.1, 0.15) is 0 Å². The molecule has 21 heavy (non-hydrogen) atoms. The number of methoxy groups -OCH3 is 1. The Bertz CT molecular complexity index is 491. The summed E-state index contributed by atoms with van der Waals surface area (Å²) in [4.78, 5) is 11.0. The second kappa shape index (κ2) is 5.70. The standard InChI is InChI=1S/C15H23BO5/c1-10(2)14(11(3)4)15(19-5,21-20-14)12-7-6-8-13(9-12)16(17)18/h6-11,17-18H,1-5H3. The Morgan fingerprint density at radius 1 is 1.10 bits per heavy atom. The lowest BCUT2D eigenvalue weighted by atomic mass is 9.69. The fourth-order valence-electron chi connectivity index (χ4n) is 3.32. The number of benzene rings is 1. The van der Waals surface area contributed by atoms with Gasteiger partial charge in [-0.25, -0.2) is 4.89 Å². The van der Waals surface area contributed by atoms with E-state index < -0.39 is 18.5 Å². The predicted molar refractivity (Wildman–Crippen MR) is 79.5 cm³/mol. The Labute approximate surface area is 125 Å². The second-order valence-electron chi connectivity index (χ2n) is 6.09. The van der Waals surface area contributed by atoms with E-state index in [1.54, 1.807) is 25.3 Å². The first-order chi connectivity index (χ1) is 9.81. The summed E-state index contributed by atoms with van der Waals surface area (Å²) in [6.07, 6.45) is 0. The summed E-state index contributed by atoms with van der Waals surface area (Å²) in [5.41, 5.74) is 0.464. The molecule has 1 aromatic carbocycles. The van der Waals surface area contributed by atoms with E-state index in [0.29, 0.717) is 11.0 Å². The van der Waals surface area contributed by atoms with Crippen LogP contribution < -0.4 is 5.46 Å². The summed E-state index contributed by atoms with van der Waals surface area (Å²) < 4.78 is 5.72. The maximum Gasteiger partial charge on any atom is 0.488 e. The molecule has 1 unspecified atom stereocenters. The fraction of sp³-hybridized carbons (Fsp3) is 0.600. The van der Waals surface area contributed by atoms with Crippen molar-refractivity contribution in [3.05, 3.63) is 29.8 Å². The van der Waals surface area contributed by atoms with Crippen molar-refractivity contribution in [2.75, 3.05) is 7.11 Å². The highest BCUT2D eigenvalue weighted by molar-refractivity contribution is 6.58. The van der Waals surface area contributed by atoms with Crippen molar-refractivity contribution in [3.8, 4) is 0 Å². The molecule has 1 heterocycles. The summed E-state index contributed by atoms with van der Waals surface area (Å²) in [5, 5.41) is 18.7. The highest BCUT2D eigenvalue weighted by atomic mass is 17.3. The van der Waals surface area contributed by atoms with Crippen molar-refractivity contribution in [3.63, 3.8) is 0 Å².